The van der Waals surface area contributed by atoms with Gasteiger partial charge in [-0.2, -0.15) is 0 Å². The number of ketones is 2. The SMILES string of the molecule is C=CCC1=CC2CC3C=C(CC=C)C(=O)[C@@H]3[C@@H]2C1=O. The van der Waals surface area contributed by atoms with Crippen LogP contribution in [0.2, 0.25) is 0 Å². The molecule has 0 radical (unpaired) electrons. The van der Waals surface area contributed by atoms with Crippen LogP contribution in [0.25, 0.3) is 0 Å². The maximum atomic E-state index is 12.4. The summed E-state index contributed by atoms with van der Waals surface area (Å²) >= 11 is 0. The number of carbonyl (C=O) groups is 2. The van der Waals surface area contributed by atoms with Crippen LogP contribution in [0.4, 0.5) is 0 Å². The van der Waals surface area contributed by atoms with Gasteiger partial charge in [-0.1, -0.05) is 24.3 Å². The average Bonchev–Trinajstić information content (AvgIpc) is 2.95. The van der Waals surface area contributed by atoms with E-state index in [1.54, 1.807) is 12.2 Å². The second kappa shape index (κ2) is 4.44. The Labute approximate surface area is 113 Å². The summed E-state index contributed by atoms with van der Waals surface area (Å²) in [7, 11) is 0. The summed E-state index contributed by atoms with van der Waals surface area (Å²) in [5, 5.41) is 0. The van der Waals surface area contributed by atoms with E-state index in [9.17, 15) is 9.59 Å². The predicted octanol–water partition coefficient (Wildman–Crippen LogP) is 3.03. The van der Waals surface area contributed by atoms with Crippen molar-refractivity contribution in [2.45, 2.75) is 19.3 Å². The van der Waals surface area contributed by atoms with Crippen molar-refractivity contribution in [3.8, 4) is 0 Å². The smallest absolute Gasteiger partial charge is 0.163 e. The van der Waals surface area contributed by atoms with Crippen molar-refractivity contribution in [2.24, 2.45) is 23.7 Å². The van der Waals surface area contributed by atoms with Crippen LogP contribution in [0, 0.1) is 23.7 Å². The first kappa shape index (κ1) is 12.3. The largest absolute Gasteiger partial charge is 0.294 e. The Hall–Kier alpha value is -1.70. The molecule has 1 fully saturated rings. The maximum Gasteiger partial charge on any atom is 0.163 e. The van der Waals surface area contributed by atoms with E-state index in [1.165, 1.54) is 0 Å². The van der Waals surface area contributed by atoms with Crippen molar-refractivity contribution < 1.29 is 9.59 Å². The molecule has 19 heavy (non-hydrogen) atoms. The summed E-state index contributed by atoms with van der Waals surface area (Å²) in [6.45, 7) is 7.38. The number of fused-ring (bicyclic) bond motifs is 3. The summed E-state index contributed by atoms with van der Waals surface area (Å²) < 4.78 is 0. The summed E-state index contributed by atoms with van der Waals surface area (Å²) in [5.74, 6) is 0.681. The van der Waals surface area contributed by atoms with E-state index < -0.39 is 0 Å². The summed E-state index contributed by atoms with van der Waals surface area (Å²) in [6, 6.07) is 0. The third-order valence-electron chi connectivity index (χ3n) is 4.65. The number of rotatable bonds is 4. The Bertz CT molecular complexity index is 487. The third-order valence-corrected chi connectivity index (χ3v) is 4.65. The first-order chi connectivity index (χ1) is 9.17. The van der Waals surface area contributed by atoms with E-state index >= 15 is 0 Å². The van der Waals surface area contributed by atoms with E-state index in [0.29, 0.717) is 12.8 Å². The van der Waals surface area contributed by atoms with Crippen LogP contribution in [0.1, 0.15) is 19.3 Å². The van der Waals surface area contributed by atoms with Crippen LogP contribution >= 0.6 is 0 Å². The summed E-state index contributed by atoms with van der Waals surface area (Å²) in [6.07, 6.45) is 9.89. The molecule has 0 heterocycles. The standard InChI is InChI=1S/C17H18O2/c1-3-5-10-7-12-9-13-8-11(6-4-2)17(19)15(13)14(12)16(10)18/h3-4,7-8,12-15H,1-2,5-6,9H2/t12?,13?,14-,15+. The molecule has 4 atom stereocenters. The fraction of sp³-hybridized carbons (Fsp3) is 0.412. The highest BCUT2D eigenvalue weighted by Gasteiger charge is 2.54. The first-order valence-corrected chi connectivity index (χ1v) is 6.89. The Morgan fingerprint density at radius 3 is 1.74 bits per heavy atom. The molecule has 2 nitrogen and oxygen atoms in total. The second-order valence-electron chi connectivity index (χ2n) is 5.71. The zero-order chi connectivity index (χ0) is 13.6. The van der Waals surface area contributed by atoms with Crippen LogP contribution in [-0.2, 0) is 9.59 Å². The Morgan fingerprint density at radius 1 is 0.947 bits per heavy atom. The van der Waals surface area contributed by atoms with Gasteiger partial charge in [0, 0.05) is 11.8 Å². The van der Waals surface area contributed by atoms with Gasteiger partial charge < -0.3 is 0 Å². The van der Waals surface area contributed by atoms with E-state index in [2.05, 4.69) is 25.3 Å². The molecule has 0 aromatic heterocycles. The Kier molecular flexibility index (Phi) is 2.89. The number of Topliss-reactive ketones (excluding diaryl/α,β-unsaturated/α-hetero) is 2. The normalized spacial score (nSPS) is 35.8. The molecule has 0 aliphatic heterocycles. The molecule has 3 aliphatic rings. The molecule has 0 aromatic rings. The molecule has 0 saturated heterocycles. The van der Waals surface area contributed by atoms with Crippen LogP contribution in [0.5, 0.6) is 0 Å². The molecular weight excluding hydrogens is 236 g/mol. The minimum Gasteiger partial charge on any atom is -0.294 e. The lowest BCUT2D eigenvalue weighted by atomic mass is 9.84. The molecule has 3 rings (SSSR count). The van der Waals surface area contributed by atoms with Gasteiger partial charge in [0.1, 0.15) is 0 Å². The van der Waals surface area contributed by atoms with Crippen LogP contribution < -0.4 is 0 Å². The summed E-state index contributed by atoms with van der Waals surface area (Å²) in [5.41, 5.74) is 1.71. The zero-order valence-corrected chi connectivity index (χ0v) is 11.0. The quantitative estimate of drug-likeness (QED) is 0.723. The fourth-order valence-corrected chi connectivity index (χ4v) is 3.96. The number of hydrogen-bond acceptors (Lipinski definition) is 2. The van der Waals surface area contributed by atoms with Gasteiger partial charge in [0.05, 0.1) is 0 Å². The van der Waals surface area contributed by atoms with Crippen LogP contribution in [0.15, 0.2) is 48.6 Å². The zero-order valence-electron chi connectivity index (χ0n) is 11.0. The highest BCUT2D eigenvalue weighted by atomic mass is 16.1. The highest BCUT2D eigenvalue weighted by molar-refractivity contribution is 6.08. The van der Waals surface area contributed by atoms with Gasteiger partial charge in [-0.05, 0) is 42.2 Å². The van der Waals surface area contributed by atoms with Crippen molar-refractivity contribution in [3.05, 3.63) is 48.6 Å². The fourth-order valence-electron chi connectivity index (χ4n) is 3.96. The van der Waals surface area contributed by atoms with Gasteiger partial charge in [-0.15, -0.1) is 13.2 Å². The van der Waals surface area contributed by atoms with E-state index in [-0.39, 0.29) is 35.2 Å². The van der Waals surface area contributed by atoms with Crippen molar-refractivity contribution in [2.75, 3.05) is 0 Å². The highest BCUT2D eigenvalue weighted by Crippen LogP contribution is 2.53. The van der Waals surface area contributed by atoms with Crippen molar-refractivity contribution in [1.82, 2.24) is 0 Å². The molecule has 1 saturated carbocycles. The van der Waals surface area contributed by atoms with Crippen molar-refractivity contribution >= 4 is 11.6 Å². The lowest BCUT2D eigenvalue weighted by Crippen LogP contribution is -2.27. The lowest BCUT2D eigenvalue weighted by Gasteiger charge is -2.16. The Balaban J connectivity index is 1.86. The second-order valence-corrected chi connectivity index (χ2v) is 5.71. The average molecular weight is 254 g/mol. The van der Waals surface area contributed by atoms with Crippen molar-refractivity contribution in [3.63, 3.8) is 0 Å². The van der Waals surface area contributed by atoms with Gasteiger partial charge in [0.25, 0.3) is 0 Å². The molecule has 2 heteroatoms. The molecule has 3 aliphatic carbocycles. The predicted molar refractivity (Wildman–Crippen MR) is 74.4 cm³/mol. The molecule has 0 amide bonds. The molecule has 2 unspecified atom stereocenters. The number of allylic oxidation sites excluding steroid dienone is 6. The molecule has 0 aromatic carbocycles. The van der Waals surface area contributed by atoms with Crippen LogP contribution in [-0.4, -0.2) is 11.6 Å². The summed E-state index contributed by atoms with van der Waals surface area (Å²) in [4.78, 5) is 24.8. The van der Waals surface area contributed by atoms with E-state index in [0.717, 1.165) is 17.6 Å². The number of carbonyl (C=O) groups excluding carboxylic acids is 2. The Morgan fingerprint density at radius 2 is 1.37 bits per heavy atom. The minimum absolute atomic E-state index is 0.106. The molecule has 0 bridgehead atoms. The van der Waals surface area contributed by atoms with Crippen LogP contribution in [0.3, 0.4) is 0 Å². The monoisotopic (exact) mass is 254 g/mol. The topological polar surface area (TPSA) is 34.1 Å². The van der Waals surface area contributed by atoms with Gasteiger partial charge >= 0.3 is 0 Å². The molecule has 98 valence electrons. The molecular formula is C17H18O2. The van der Waals surface area contributed by atoms with Crippen molar-refractivity contribution in [1.29, 1.82) is 0 Å². The first-order valence-electron chi connectivity index (χ1n) is 6.89. The molecule has 0 N–H and O–H groups in total. The minimum atomic E-state index is -0.106. The van der Waals surface area contributed by atoms with E-state index in [4.69, 9.17) is 0 Å². The van der Waals surface area contributed by atoms with Gasteiger partial charge in [-0.25, -0.2) is 0 Å². The third kappa shape index (κ3) is 1.70. The maximum absolute atomic E-state index is 12.4. The number of hydrogen-bond donors (Lipinski definition) is 0. The van der Waals surface area contributed by atoms with Gasteiger partial charge in [-0.3, -0.25) is 9.59 Å². The van der Waals surface area contributed by atoms with Gasteiger partial charge in [0.2, 0.25) is 0 Å². The lowest BCUT2D eigenvalue weighted by molar-refractivity contribution is -0.127. The molecule has 0 spiro atoms. The van der Waals surface area contributed by atoms with Gasteiger partial charge in [0.15, 0.2) is 11.6 Å². The van der Waals surface area contributed by atoms with E-state index in [1.807, 2.05) is 0 Å².